The Morgan fingerprint density at radius 3 is 2.48 bits per heavy atom. The summed E-state index contributed by atoms with van der Waals surface area (Å²) >= 11 is 1.12. The van der Waals surface area contributed by atoms with E-state index in [1.807, 2.05) is 0 Å². The molecule has 1 saturated heterocycles. The van der Waals surface area contributed by atoms with Crippen LogP contribution in [0.1, 0.15) is 16.6 Å². The van der Waals surface area contributed by atoms with Crippen LogP contribution in [0.15, 0.2) is 24.3 Å². The van der Waals surface area contributed by atoms with Crippen LogP contribution in [0.2, 0.25) is 0 Å². The summed E-state index contributed by atoms with van der Waals surface area (Å²) in [6, 6.07) is 6.04. The number of hydrogen-bond acceptors (Lipinski definition) is 6. The van der Waals surface area contributed by atoms with Gasteiger partial charge in [0.25, 0.3) is 5.91 Å². The highest BCUT2D eigenvalue weighted by molar-refractivity contribution is 7.20. The molecule has 0 unspecified atom stereocenters. The second-order valence-electron chi connectivity index (χ2n) is 5.91. The largest absolute Gasteiger partial charge is 0.451 e. The third-order valence-electron chi connectivity index (χ3n) is 4.19. The van der Waals surface area contributed by atoms with Crippen LogP contribution in [0.5, 0.6) is 0 Å². The number of nitrogens with zero attached hydrogens (tertiary/aromatic N) is 2. The number of hydrogen-bond donors (Lipinski definition) is 0. The van der Waals surface area contributed by atoms with Gasteiger partial charge >= 0.3 is 12.1 Å². The average Bonchev–Trinajstić information content (AvgIpc) is 3.12. The van der Waals surface area contributed by atoms with Gasteiger partial charge in [0, 0.05) is 36.3 Å². The summed E-state index contributed by atoms with van der Waals surface area (Å²) in [5, 5.41) is 0.357. The Balaban J connectivity index is 1.51. The Bertz CT molecular complexity index is 861. The van der Waals surface area contributed by atoms with E-state index in [1.165, 1.54) is 21.9 Å². The van der Waals surface area contributed by atoms with E-state index in [0.29, 0.717) is 42.9 Å². The van der Waals surface area contributed by atoms with Crippen LogP contribution in [-0.2, 0) is 14.3 Å². The fourth-order valence-corrected chi connectivity index (χ4v) is 3.74. The predicted molar refractivity (Wildman–Crippen MR) is 97.2 cm³/mol. The first-order chi connectivity index (χ1) is 13.0. The van der Waals surface area contributed by atoms with Crippen molar-refractivity contribution in [2.45, 2.75) is 6.92 Å². The molecular weight excluding hydrogens is 375 g/mol. The van der Waals surface area contributed by atoms with Crippen molar-refractivity contribution in [1.82, 2.24) is 9.80 Å². The van der Waals surface area contributed by atoms with Gasteiger partial charge < -0.3 is 19.3 Å². The lowest BCUT2D eigenvalue weighted by Crippen LogP contribution is -2.51. The topological polar surface area (TPSA) is 76.2 Å². The molecular formula is C18H19FN2O5S. The van der Waals surface area contributed by atoms with Crippen molar-refractivity contribution < 1.29 is 28.2 Å². The van der Waals surface area contributed by atoms with Crippen LogP contribution in [0.3, 0.4) is 0 Å². The fourth-order valence-electron chi connectivity index (χ4n) is 2.77. The molecule has 1 aliphatic rings. The zero-order chi connectivity index (χ0) is 19.4. The van der Waals surface area contributed by atoms with E-state index >= 15 is 0 Å². The van der Waals surface area contributed by atoms with Crippen molar-refractivity contribution in [2.24, 2.45) is 0 Å². The van der Waals surface area contributed by atoms with Gasteiger partial charge in [-0.15, -0.1) is 11.3 Å². The second-order valence-corrected chi connectivity index (χ2v) is 6.99. The van der Waals surface area contributed by atoms with E-state index in [-0.39, 0.29) is 10.8 Å². The molecule has 144 valence electrons. The van der Waals surface area contributed by atoms with Crippen molar-refractivity contribution >= 4 is 39.4 Å². The molecule has 1 aliphatic heterocycles. The molecule has 0 atom stereocenters. The maximum Gasteiger partial charge on any atom is 0.409 e. The Morgan fingerprint density at radius 2 is 1.81 bits per heavy atom. The first-order valence-electron chi connectivity index (χ1n) is 8.54. The Labute approximate surface area is 159 Å². The molecule has 0 bridgehead atoms. The molecule has 3 rings (SSSR count). The molecule has 7 nitrogen and oxygen atoms in total. The van der Waals surface area contributed by atoms with Gasteiger partial charge in [0.15, 0.2) is 6.61 Å². The minimum atomic E-state index is -0.658. The van der Waals surface area contributed by atoms with Crippen LogP contribution in [0, 0.1) is 5.82 Å². The maximum atomic E-state index is 13.7. The van der Waals surface area contributed by atoms with Gasteiger partial charge in [0.2, 0.25) is 0 Å². The quantitative estimate of drug-likeness (QED) is 0.745. The van der Waals surface area contributed by atoms with Crippen molar-refractivity contribution in [1.29, 1.82) is 0 Å². The molecule has 2 heterocycles. The molecule has 1 aromatic carbocycles. The van der Waals surface area contributed by atoms with E-state index in [1.54, 1.807) is 19.1 Å². The summed E-state index contributed by atoms with van der Waals surface area (Å²) in [7, 11) is 0. The molecule has 0 spiro atoms. The zero-order valence-corrected chi connectivity index (χ0v) is 15.6. The van der Waals surface area contributed by atoms with Gasteiger partial charge in [-0.25, -0.2) is 14.0 Å². The molecule has 2 aromatic rings. The molecule has 0 saturated carbocycles. The van der Waals surface area contributed by atoms with Gasteiger partial charge in [0.1, 0.15) is 10.7 Å². The number of amides is 2. The number of thiophene rings is 1. The van der Waals surface area contributed by atoms with E-state index in [2.05, 4.69) is 0 Å². The summed E-state index contributed by atoms with van der Waals surface area (Å²) < 4.78 is 24.4. The molecule has 0 N–H and O–H groups in total. The van der Waals surface area contributed by atoms with Crippen LogP contribution in [0.25, 0.3) is 10.1 Å². The summed E-state index contributed by atoms with van der Waals surface area (Å²) in [6.07, 6.45) is -0.395. The van der Waals surface area contributed by atoms with Crippen LogP contribution < -0.4 is 0 Å². The number of halogens is 1. The molecule has 9 heteroatoms. The highest BCUT2D eigenvalue weighted by atomic mass is 32.1. The van der Waals surface area contributed by atoms with Crippen molar-refractivity contribution in [3.63, 3.8) is 0 Å². The minimum absolute atomic E-state index is 0.245. The number of rotatable bonds is 4. The van der Waals surface area contributed by atoms with Crippen LogP contribution in [0.4, 0.5) is 9.18 Å². The van der Waals surface area contributed by atoms with Crippen molar-refractivity contribution in [3.8, 4) is 0 Å². The Kier molecular flexibility index (Phi) is 5.90. The lowest BCUT2D eigenvalue weighted by atomic mass is 10.2. The molecule has 1 fully saturated rings. The van der Waals surface area contributed by atoms with Crippen LogP contribution in [-0.4, -0.2) is 67.2 Å². The number of esters is 1. The third-order valence-corrected chi connectivity index (χ3v) is 5.27. The predicted octanol–water partition coefficient (Wildman–Crippen LogP) is 2.50. The highest BCUT2D eigenvalue weighted by Crippen LogP contribution is 2.28. The van der Waals surface area contributed by atoms with Crippen molar-refractivity contribution in [3.05, 3.63) is 35.0 Å². The Hall–Kier alpha value is -2.68. The smallest absolute Gasteiger partial charge is 0.409 e. The van der Waals surface area contributed by atoms with Gasteiger partial charge in [-0.2, -0.15) is 0 Å². The standard InChI is InChI=1S/C18H19FN2O5S/c1-2-25-18(24)21-8-6-20(7-9-21)16(22)11-26-17(23)15-10-12-13(19)4-3-5-14(12)27-15/h3-5,10H,2,6-9,11H2,1H3. The van der Waals surface area contributed by atoms with Crippen molar-refractivity contribution in [2.75, 3.05) is 39.4 Å². The number of piperazine rings is 1. The first kappa shape index (κ1) is 19.1. The molecule has 1 aromatic heterocycles. The van der Waals surface area contributed by atoms with Crippen LogP contribution >= 0.6 is 11.3 Å². The molecule has 0 radical (unpaired) electrons. The normalized spacial score (nSPS) is 14.3. The average molecular weight is 394 g/mol. The summed E-state index contributed by atoms with van der Waals surface area (Å²) in [4.78, 5) is 39.3. The van der Waals surface area contributed by atoms with E-state index < -0.39 is 24.5 Å². The highest BCUT2D eigenvalue weighted by Gasteiger charge is 2.25. The molecule has 2 amide bonds. The lowest BCUT2D eigenvalue weighted by molar-refractivity contribution is -0.136. The monoisotopic (exact) mass is 394 g/mol. The SMILES string of the molecule is CCOC(=O)N1CCN(C(=O)COC(=O)c2cc3c(F)cccc3s2)CC1. The molecule has 0 aliphatic carbocycles. The number of fused-ring (bicyclic) bond motifs is 1. The van der Waals surface area contributed by atoms with Gasteiger partial charge in [0.05, 0.1) is 6.61 Å². The number of ether oxygens (including phenoxy) is 2. The summed E-state index contributed by atoms with van der Waals surface area (Å²) in [5.74, 6) is -1.40. The first-order valence-corrected chi connectivity index (χ1v) is 9.36. The number of carbonyl (C=O) groups is 3. The van der Waals surface area contributed by atoms with E-state index in [9.17, 15) is 18.8 Å². The summed E-state index contributed by atoms with van der Waals surface area (Å²) in [6.45, 7) is 3.08. The zero-order valence-electron chi connectivity index (χ0n) is 14.8. The minimum Gasteiger partial charge on any atom is -0.451 e. The lowest BCUT2D eigenvalue weighted by Gasteiger charge is -2.33. The fraction of sp³-hybridized carbons (Fsp3) is 0.389. The number of carbonyl (C=O) groups excluding carboxylic acids is 3. The summed E-state index contributed by atoms with van der Waals surface area (Å²) in [5.41, 5.74) is 0. The maximum absolute atomic E-state index is 13.7. The number of benzene rings is 1. The second kappa shape index (κ2) is 8.34. The Morgan fingerprint density at radius 1 is 1.11 bits per heavy atom. The van der Waals surface area contributed by atoms with E-state index in [0.717, 1.165) is 11.3 Å². The third kappa shape index (κ3) is 4.36. The van der Waals surface area contributed by atoms with Gasteiger partial charge in [-0.3, -0.25) is 4.79 Å². The van der Waals surface area contributed by atoms with Gasteiger partial charge in [-0.1, -0.05) is 6.07 Å². The van der Waals surface area contributed by atoms with E-state index in [4.69, 9.17) is 9.47 Å². The molecule has 27 heavy (non-hydrogen) atoms. The van der Waals surface area contributed by atoms with Gasteiger partial charge in [-0.05, 0) is 25.1 Å².